The van der Waals surface area contributed by atoms with Gasteiger partial charge in [-0.1, -0.05) is 63.2 Å². The van der Waals surface area contributed by atoms with Crippen molar-refractivity contribution in [3.8, 4) is 10.6 Å². The van der Waals surface area contributed by atoms with Crippen LogP contribution in [-0.4, -0.2) is 35.3 Å². The number of aromatic nitrogens is 1. The smallest absolute Gasteiger partial charge is 0.273 e. The quantitative estimate of drug-likeness (QED) is 0.570. The zero-order valence-electron chi connectivity index (χ0n) is 17.8. The fourth-order valence-electron chi connectivity index (χ4n) is 3.14. The molecule has 0 spiro atoms. The second kappa shape index (κ2) is 9.67. The molecule has 1 N–H and O–H groups in total. The number of likely N-dealkylation sites (N-methyl/N-ethyl adjacent to an activating group) is 1. The number of hydrogen-bond donors (Lipinski definition) is 1. The van der Waals surface area contributed by atoms with Crippen LogP contribution in [0.15, 0.2) is 53.9 Å². The van der Waals surface area contributed by atoms with E-state index in [-0.39, 0.29) is 18.4 Å². The minimum Gasteiger partial charge on any atom is -0.331 e. The molecule has 0 radical (unpaired) electrons. The van der Waals surface area contributed by atoms with Gasteiger partial charge >= 0.3 is 0 Å². The SMILES string of the molecule is CCc1ccccc1NC(=O)CN(C)C(=O)c1csc(-c2ccc(C(C)C)cc2)n1. The van der Waals surface area contributed by atoms with Crippen LogP contribution in [0.5, 0.6) is 0 Å². The largest absolute Gasteiger partial charge is 0.331 e. The summed E-state index contributed by atoms with van der Waals surface area (Å²) in [5.74, 6) is -0.0294. The zero-order chi connectivity index (χ0) is 21.7. The van der Waals surface area contributed by atoms with E-state index in [4.69, 9.17) is 0 Å². The number of anilines is 1. The van der Waals surface area contributed by atoms with Gasteiger partial charge in [0.15, 0.2) is 0 Å². The Morgan fingerprint density at radius 3 is 2.47 bits per heavy atom. The molecule has 2 amide bonds. The highest BCUT2D eigenvalue weighted by Crippen LogP contribution is 2.26. The molecule has 3 rings (SSSR count). The molecule has 0 aliphatic heterocycles. The summed E-state index contributed by atoms with van der Waals surface area (Å²) in [5, 5.41) is 5.43. The molecule has 6 heteroatoms. The highest BCUT2D eigenvalue weighted by molar-refractivity contribution is 7.13. The van der Waals surface area contributed by atoms with Gasteiger partial charge in [-0.3, -0.25) is 9.59 Å². The molecule has 1 aromatic heterocycles. The maximum absolute atomic E-state index is 12.7. The molecule has 0 atom stereocenters. The van der Waals surface area contributed by atoms with Gasteiger partial charge in [-0.25, -0.2) is 4.98 Å². The van der Waals surface area contributed by atoms with Crippen molar-refractivity contribution in [3.05, 3.63) is 70.7 Å². The Labute approximate surface area is 181 Å². The van der Waals surface area contributed by atoms with E-state index in [1.807, 2.05) is 43.3 Å². The van der Waals surface area contributed by atoms with Gasteiger partial charge in [0.05, 0.1) is 6.54 Å². The number of thiazole rings is 1. The molecule has 30 heavy (non-hydrogen) atoms. The van der Waals surface area contributed by atoms with Crippen LogP contribution in [0.2, 0.25) is 0 Å². The Morgan fingerprint density at radius 2 is 1.80 bits per heavy atom. The second-order valence-electron chi connectivity index (χ2n) is 7.53. The van der Waals surface area contributed by atoms with Crippen molar-refractivity contribution in [2.45, 2.75) is 33.1 Å². The van der Waals surface area contributed by atoms with E-state index in [0.29, 0.717) is 11.6 Å². The third-order valence-electron chi connectivity index (χ3n) is 4.95. The van der Waals surface area contributed by atoms with E-state index in [1.54, 1.807) is 12.4 Å². The maximum atomic E-state index is 12.7. The normalized spacial score (nSPS) is 10.8. The monoisotopic (exact) mass is 421 g/mol. The number of hydrogen-bond acceptors (Lipinski definition) is 4. The van der Waals surface area contributed by atoms with E-state index in [9.17, 15) is 9.59 Å². The lowest BCUT2D eigenvalue weighted by atomic mass is 10.0. The summed E-state index contributed by atoms with van der Waals surface area (Å²) < 4.78 is 0. The van der Waals surface area contributed by atoms with Crippen LogP contribution >= 0.6 is 11.3 Å². The van der Waals surface area contributed by atoms with Crippen molar-refractivity contribution in [1.29, 1.82) is 0 Å². The lowest BCUT2D eigenvalue weighted by molar-refractivity contribution is -0.116. The summed E-state index contributed by atoms with van der Waals surface area (Å²) >= 11 is 1.43. The Balaban J connectivity index is 1.64. The molecule has 0 bridgehead atoms. The number of nitrogens with one attached hydrogen (secondary N) is 1. The van der Waals surface area contributed by atoms with E-state index in [1.165, 1.54) is 21.8 Å². The van der Waals surface area contributed by atoms with E-state index >= 15 is 0 Å². The van der Waals surface area contributed by atoms with Crippen molar-refractivity contribution in [3.63, 3.8) is 0 Å². The lowest BCUT2D eigenvalue weighted by Crippen LogP contribution is -2.35. The molecule has 2 aromatic carbocycles. The number of aryl methyl sites for hydroxylation is 1. The molecule has 156 valence electrons. The summed E-state index contributed by atoms with van der Waals surface area (Å²) in [6.07, 6.45) is 0.824. The zero-order valence-corrected chi connectivity index (χ0v) is 18.6. The van der Waals surface area contributed by atoms with Gasteiger partial charge in [-0.15, -0.1) is 11.3 Å². The van der Waals surface area contributed by atoms with Gasteiger partial charge in [-0.2, -0.15) is 0 Å². The molecule has 0 aliphatic rings. The molecule has 0 saturated carbocycles. The maximum Gasteiger partial charge on any atom is 0.273 e. The summed E-state index contributed by atoms with van der Waals surface area (Å²) in [7, 11) is 1.62. The van der Waals surface area contributed by atoms with Crippen LogP contribution in [0.3, 0.4) is 0 Å². The van der Waals surface area contributed by atoms with Gasteiger partial charge in [0.25, 0.3) is 5.91 Å². The van der Waals surface area contributed by atoms with Crippen LogP contribution < -0.4 is 5.32 Å². The number of rotatable bonds is 7. The second-order valence-corrected chi connectivity index (χ2v) is 8.39. The Bertz CT molecular complexity index is 1020. The average molecular weight is 422 g/mol. The van der Waals surface area contributed by atoms with E-state index in [0.717, 1.165) is 28.2 Å². The number of carbonyl (C=O) groups excluding carboxylic acids is 2. The number of para-hydroxylation sites is 1. The Morgan fingerprint density at radius 1 is 1.10 bits per heavy atom. The summed E-state index contributed by atoms with van der Waals surface area (Å²) in [4.78, 5) is 31.0. The number of benzene rings is 2. The summed E-state index contributed by atoms with van der Waals surface area (Å²) in [6.45, 7) is 6.31. The number of amides is 2. The van der Waals surface area contributed by atoms with Gasteiger partial charge < -0.3 is 10.2 Å². The molecular weight excluding hydrogens is 394 g/mol. The van der Waals surface area contributed by atoms with Crippen molar-refractivity contribution in [2.24, 2.45) is 0 Å². The number of carbonyl (C=O) groups is 2. The minimum atomic E-state index is -0.268. The molecule has 0 unspecified atom stereocenters. The Kier molecular flexibility index (Phi) is 7.00. The van der Waals surface area contributed by atoms with Gasteiger partial charge in [0, 0.05) is 23.7 Å². The highest BCUT2D eigenvalue weighted by Gasteiger charge is 2.19. The topological polar surface area (TPSA) is 62.3 Å². The van der Waals surface area contributed by atoms with Crippen LogP contribution in [0.25, 0.3) is 10.6 Å². The van der Waals surface area contributed by atoms with E-state index < -0.39 is 0 Å². The number of nitrogens with zero attached hydrogens (tertiary/aromatic N) is 2. The molecule has 0 fully saturated rings. The first-order valence-corrected chi connectivity index (χ1v) is 11.0. The van der Waals surface area contributed by atoms with Gasteiger partial charge in [0.2, 0.25) is 5.91 Å². The van der Waals surface area contributed by atoms with Crippen molar-refractivity contribution in [2.75, 3.05) is 18.9 Å². The van der Waals surface area contributed by atoms with Crippen molar-refractivity contribution < 1.29 is 9.59 Å². The highest BCUT2D eigenvalue weighted by atomic mass is 32.1. The molecule has 0 saturated heterocycles. The third kappa shape index (κ3) is 5.13. The van der Waals surface area contributed by atoms with Crippen LogP contribution in [-0.2, 0) is 11.2 Å². The summed E-state index contributed by atoms with van der Waals surface area (Å²) in [6, 6.07) is 15.9. The minimum absolute atomic E-state index is 0.0349. The molecule has 0 aliphatic carbocycles. The van der Waals surface area contributed by atoms with Crippen LogP contribution in [0.1, 0.15) is 48.3 Å². The first-order chi connectivity index (χ1) is 14.4. The molecular formula is C24H27N3O2S. The van der Waals surface area contributed by atoms with Crippen molar-refractivity contribution >= 4 is 28.8 Å². The summed E-state index contributed by atoms with van der Waals surface area (Å²) in [5.41, 5.74) is 4.45. The molecule has 5 nitrogen and oxygen atoms in total. The first-order valence-electron chi connectivity index (χ1n) is 10.1. The molecule has 1 heterocycles. The Hall–Kier alpha value is -2.99. The van der Waals surface area contributed by atoms with Crippen LogP contribution in [0.4, 0.5) is 5.69 Å². The first kappa shape index (κ1) is 21.7. The third-order valence-corrected chi connectivity index (χ3v) is 5.84. The average Bonchev–Trinajstić information content (AvgIpc) is 3.23. The van der Waals surface area contributed by atoms with Gasteiger partial charge in [-0.05, 0) is 29.5 Å². The predicted molar refractivity (Wildman–Crippen MR) is 123 cm³/mol. The van der Waals surface area contributed by atoms with Crippen molar-refractivity contribution in [1.82, 2.24) is 9.88 Å². The molecule has 3 aromatic rings. The lowest BCUT2D eigenvalue weighted by Gasteiger charge is -2.16. The van der Waals surface area contributed by atoms with E-state index in [2.05, 4.69) is 36.3 Å². The van der Waals surface area contributed by atoms with Gasteiger partial charge in [0.1, 0.15) is 10.7 Å². The standard InChI is InChI=1S/C24H27N3O2S/c1-5-17-8-6-7-9-20(17)25-22(28)14-27(4)24(29)21-15-30-23(26-21)19-12-10-18(11-13-19)16(2)3/h6-13,15-16H,5,14H2,1-4H3,(H,25,28). The van der Waals surface area contributed by atoms with Crippen LogP contribution in [0, 0.1) is 0 Å². The predicted octanol–water partition coefficient (Wildman–Crippen LogP) is 5.21. The fourth-order valence-corrected chi connectivity index (χ4v) is 3.94. The fraction of sp³-hybridized carbons (Fsp3) is 0.292.